The number of ether oxygens (including phenoxy) is 2. The number of carbonyl (C=O) groups excluding carboxylic acids is 1. The van der Waals surface area contributed by atoms with Crippen LogP contribution in [0, 0.1) is 0 Å². The minimum absolute atomic E-state index is 0. The number of carboxylic acids is 1. The number of carboxylic acid groups (broad SMARTS) is 1. The summed E-state index contributed by atoms with van der Waals surface area (Å²) in [6, 6.07) is 5.20. The monoisotopic (exact) mass is 398 g/mol. The molecule has 1 aromatic carbocycles. The van der Waals surface area contributed by atoms with Crippen LogP contribution in [-0.2, 0) is 9.59 Å². The molecule has 2 aliphatic heterocycles. The van der Waals surface area contributed by atoms with Crippen LogP contribution >= 0.6 is 12.4 Å². The summed E-state index contributed by atoms with van der Waals surface area (Å²) in [6.07, 6.45) is 3.27. The molecule has 150 valence electrons. The smallest absolute Gasteiger partial charge is 0.320 e. The summed E-state index contributed by atoms with van der Waals surface area (Å²) in [4.78, 5) is 27.9. The molecule has 0 radical (unpaired) electrons. The van der Waals surface area contributed by atoms with Crippen LogP contribution in [0.15, 0.2) is 18.2 Å². The zero-order valence-electron chi connectivity index (χ0n) is 15.7. The fourth-order valence-electron chi connectivity index (χ4n) is 4.03. The molecule has 2 heterocycles. The van der Waals surface area contributed by atoms with E-state index in [-0.39, 0.29) is 30.9 Å². The van der Waals surface area contributed by atoms with Crippen molar-refractivity contribution >= 4 is 24.3 Å². The SMILES string of the molecule is COc1ccc(C2CCCN2C(=O)CN2CCC[C@H]2C(=O)O)cc1OC.Cl. The second-order valence-electron chi connectivity index (χ2n) is 6.83. The van der Waals surface area contributed by atoms with Crippen molar-refractivity contribution in [3.8, 4) is 11.5 Å². The lowest BCUT2D eigenvalue weighted by Gasteiger charge is -2.29. The van der Waals surface area contributed by atoms with Gasteiger partial charge in [0.15, 0.2) is 11.5 Å². The van der Waals surface area contributed by atoms with Crippen LogP contribution in [0.5, 0.6) is 11.5 Å². The van der Waals surface area contributed by atoms with Gasteiger partial charge in [-0.3, -0.25) is 14.5 Å². The van der Waals surface area contributed by atoms with Gasteiger partial charge in [-0.15, -0.1) is 12.4 Å². The summed E-state index contributed by atoms with van der Waals surface area (Å²) < 4.78 is 10.7. The molecule has 8 heteroatoms. The molecule has 2 aliphatic rings. The van der Waals surface area contributed by atoms with Crippen molar-refractivity contribution in [2.24, 2.45) is 0 Å². The fraction of sp³-hybridized carbons (Fsp3) is 0.579. The number of aliphatic carboxylic acids is 1. The molecule has 0 saturated carbocycles. The van der Waals surface area contributed by atoms with Crippen LogP contribution in [-0.4, -0.2) is 66.7 Å². The lowest BCUT2D eigenvalue weighted by Crippen LogP contribution is -2.44. The Morgan fingerprint density at radius 2 is 1.81 bits per heavy atom. The molecule has 2 saturated heterocycles. The molecule has 7 nitrogen and oxygen atoms in total. The Morgan fingerprint density at radius 1 is 1.11 bits per heavy atom. The summed E-state index contributed by atoms with van der Waals surface area (Å²) in [5, 5.41) is 9.31. The minimum atomic E-state index is -0.840. The predicted molar refractivity (Wildman–Crippen MR) is 103 cm³/mol. The van der Waals surface area contributed by atoms with E-state index in [1.54, 1.807) is 19.1 Å². The molecule has 3 rings (SSSR count). The zero-order chi connectivity index (χ0) is 18.7. The zero-order valence-corrected chi connectivity index (χ0v) is 16.5. The topological polar surface area (TPSA) is 79.3 Å². The van der Waals surface area contributed by atoms with Crippen molar-refractivity contribution in [2.75, 3.05) is 33.9 Å². The van der Waals surface area contributed by atoms with Crippen molar-refractivity contribution in [2.45, 2.75) is 37.8 Å². The maximum Gasteiger partial charge on any atom is 0.320 e. The van der Waals surface area contributed by atoms with Crippen LogP contribution in [0.3, 0.4) is 0 Å². The largest absolute Gasteiger partial charge is 0.493 e. The van der Waals surface area contributed by atoms with Gasteiger partial charge in [0, 0.05) is 6.54 Å². The number of hydrogen-bond acceptors (Lipinski definition) is 5. The van der Waals surface area contributed by atoms with E-state index in [9.17, 15) is 14.7 Å². The van der Waals surface area contributed by atoms with E-state index < -0.39 is 12.0 Å². The fourth-order valence-corrected chi connectivity index (χ4v) is 4.03. The molecule has 1 unspecified atom stereocenters. The maximum atomic E-state index is 12.9. The molecular weight excluding hydrogens is 372 g/mol. The third-order valence-electron chi connectivity index (χ3n) is 5.35. The molecule has 1 amide bonds. The van der Waals surface area contributed by atoms with Gasteiger partial charge in [0.25, 0.3) is 0 Å². The van der Waals surface area contributed by atoms with E-state index in [0.717, 1.165) is 24.8 Å². The minimum Gasteiger partial charge on any atom is -0.493 e. The van der Waals surface area contributed by atoms with Crippen LogP contribution in [0.4, 0.5) is 0 Å². The predicted octanol–water partition coefficient (Wildman–Crippen LogP) is 2.34. The van der Waals surface area contributed by atoms with Gasteiger partial charge in [-0.2, -0.15) is 0 Å². The maximum absolute atomic E-state index is 12.9. The van der Waals surface area contributed by atoms with E-state index in [0.29, 0.717) is 31.0 Å². The van der Waals surface area contributed by atoms with E-state index >= 15 is 0 Å². The number of hydrogen-bond donors (Lipinski definition) is 1. The second-order valence-corrected chi connectivity index (χ2v) is 6.83. The molecule has 2 atom stereocenters. The van der Waals surface area contributed by atoms with Crippen molar-refractivity contribution in [1.29, 1.82) is 0 Å². The normalized spacial score (nSPS) is 22.4. The summed E-state index contributed by atoms with van der Waals surface area (Å²) >= 11 is 0. The van der Waals surface area contributed by atoms with E-state index in [1.807, 2.05) is 23.1 Å². The average Bonchev–Trinajstić information content (AvgIpc) is 3.30. The molecule has 0 aliphatic carbocycles. The number of likely N-dealkylation sites (tertiary alicyclic amines) is 2. The Balaban J connectivity index is 0.00000261. The Labute approximate surface area is 165 Å². The number of amides is 1. The van der Waals surface area contributed by atoms with E-state index in [2.05, 4.69) is 0 Å². The lowest BCUT2D eigenvalue weighted by molar-refractivity contribution is -0.143. The van der Waals surface area contributed by atoms with Crippen molar-refractivity contribution in [3.05, 3.63) is 23.8 Å². The van der Waals surface area contributed by atoms with Crippen LogP contribution in [0.1, 0.15) is 37.3 Å². The quantitative estimate of drug-likeness (QED) is 0.792. The molecule has 0 aromatic heterocycles. The third-order valence-corrected chi connectivity index (χ3v) is 5.35. The third kappa shape index (κ3) is 4.47. The first-order valence-electron chi connectivity index (χ1n) is 9.03. The van der Waals surface area contributed by atoms with Crippen LogP contribution in [0.2, 0.25) is 0 Å². The van der Waals surface area contributed by atoms with Crippen molar-refractivity contribution in [3.63, 3.8) is 0 Å². The molecule has 27 heavy (non-hydrogen) atoms. The highest BCUT2D eigenvalue weighted by atomic mass is 35.5. The summed E-state index contributed by atoms with van der Waals surface area (Å²) in [5.74, 6) is 0.465. The van der Waals surface area contributed by atoms with Crippen molar-refractivity contribution < 1.29 is 24.2 Å². The van der Waals surface area contributed by atoms with Gasteiger partial charge in [-0.05, 0) is 49.9 Å². The van der Waals surface area contributed by atoms with Crippen LogP contribution < -0.4 is 9.47 Å². The molecule has 1 N–H and O–H groups in total. The lowest BCUT2D eigenvalue weighted by atomic mass is 10.0. The standard InChI is InChI=1S/C19H26N2O5.ClH/c1-25-16-8-7-13(11-17(16)26-2)14-5-4-10-21(14)18(22)12-20-9-3-6-15(20)19(23)24;/h7-8,11,14-15H,3-6,9-10,12H2,1-2H3,(H,23,24);1H/t14?,15-;/m0./s1. The molecule has 1 aromatic rings. The first-order valence-corrected chi connectivity index (χ1v) is 9.03. The number of rotatable bonds is 6. The van der Waals surface area contributed by atoms with Crippen LogP contribution in [0.25, 0.3) is 0 Å². The number of nitrogens with zero attached hydrogens (tertiary/aromatic N) is 2. The highest BCUT2D eigenvalue weighted by Gasteiger charge is 2.36. The number of benzene rings is 1. The average molecular weight is 399 g/mol. The molecular formula is C19H27ClN2O5. The van der Waals surface area contributed by atoms with Gasteiger partial charge < -0.3 is 19.5 Å². The number of halogens is 1. The van der Waals surface area contributed by atoms with Gasteiger partial charge in [-0.1, -0.05) is 6.07 Å². The second kappa shape index (κ2) is 9.28. The Hall–Kier alpha value is -1.99. The number of methoxy groups -OCH3 is 2. The van der Waals surface area contributed by atoms with E-state index in [1.165, 1.54) is 0 Å². The summed E-state index contributed by atoms with van der Waals surface area (Å²) in [7, 11) is 3.19. The van der Waals surface area contributed by atoms with Gasteiger partial charge in [0.1, 0.15) is 6.04 Å². The molecule has 0 bridgehead atoms. The van der Waals surface area contributed by atoms with Crippen molar-refractivity contribution in [1.82, 2.24) is 9.80 Å². The highest BCUT2D eigenvalue weighted by Crippen LogP contribution is 2.37. The summed E-state index contributed by atoms with van der Waals surface area (Å²) in [5.41, 5.74) is 1.02. The van der Waals surface area contributed by atoms with Gasteiger partial charge in [-0.25, -0.2) is 0 Å². The van der Waals surface area contributed by atoms with E-state index in [4.69, 9.17) is 9.47 Å². The number of carbonyl (C=O) groups is 2. The Morgan fingerprint density at radius 3 is 2.48 bits per heavy atom. The molecule has 2 fully saturated rings. The van der Waals surface area contributed by atoms with Gasteiger partial charge >= 0.3 is 5.97 Å². The Kier molecular flexibility index (Phi) is 7.33. The Bertz CT molecular complexity index is 684. The first-order chi connectivity index (χ1) is 12.5. The molecule has 0 spiro atoms. The van der Waals surface area contributed by atoms with Gasteiger partial charge in [0.05, 0.1) is 26.8 Å². The first kappa shape index (κ1) is 21.3. The highest BCUT2D eigenvalue weighted by molar-refractivity contribution is 5.85. The summed E-state index contributed by atoms with van der Waals surface area (Å²) in [6.45, 7) is 1.53. The van der Waals surface area contributed by atoms with Gasteiger partial charge in [0.2, 0.25) is 5.91 Å².